The van der Waals surface area contributed by atoms with Gasteiger partial charge in [0.25, 0.3) is 0 Å². The Bertz CT molecular complexity index is 505. The standard InChI is InChI=1S/C17H23NO3/c1-12-3-2-4-13(11-12)9-10-18-16(19)14-5-7-15(8-6-14)17(20)21/h2-4,11,14-15H,5-10H2,1H3,(H,18,19)(H,20,21). The molecule has 1 amide bonds. The molecule has 1 aromatic carbocycles. The molecule has 0 spiro atoms. The first kappa shape index (κ1) is 15.5. The number of benzene rings is 1. The van der Waals surface area contributed by atoms with Gasteiger partial charge in [-0.3, -0.25) is 9.59 Å². The zero-order valence-electron chi connectivity index (χ0n) is 12.5. The smallest absolute Gasteiger partial charge is 0.306 e. The van der Waals surface area contributed by atoms with Gasteiger partial charge in [-0.15, -0.1) is 0 Å². The van der Waals surface area contributed by atoms with Crippen LogP contribution in [0.5, 0.6) is 0 Å². The second-order valence-corrected chi connectivity index (χ2v) is 5.92. The quantitative estimate of drug-likeness (QED) is 0.875. The molecule has 2 rings (SSSR count). The van der Waals surface area contributed by atoms with Crippen molar-refractivity contribution in [3.8, 4) is 0 Å². The Hall–Kier alpha value is -1.84. The summed E-state index contributed by atoms with van der Waals surface area (Å²) < 4.78 is 0. The molecule has 1 aromatic rings. The molecule has 1 saturated carbocycles. The molecular weight excluding hydrogens is 266 g/mol. The highest BCUT2D eigenvalue weighted by molar-refractivity contribution is 5.79. The molecule has 1 fully saturated rings. The SMILES string of the molecule is Cc1cccc(CCNC(=O)C2CCC(C(=O)O)CC2)c1. The summed E-state index contributed by atoms with van der Waals surface area (Å²) in [5, 5.41) is 11.9. The molecule has 0 saturated heterocycles. The lowest BCUT2D eigenvalue weighted by atomic mass is 9.81. The van der Waals surface area contributed by atoms with Gasteiger partial charge in [0.2, 0.25) is 5.91 Å². The highest BCUT2D eigenvalue weighted by Crippen LogP contribution is 2.28. The number of carbonyl (C=O) groups is 2. The number of aliphatic carboxylic acids is 1. The lowest BCUT2D eigenvalue weighted by molar-refractivity contribution is -0.144. The third-order valence-corrected chi connectivity index (χ3v) is 4.24. The van der Waals surface area contributed by atoms with Crippen molar-refractivity contribution in [2.45, 2.75) is 39.0 Å². The van der Waals surface area contributed by atoms with Crippen LogP contribution in [-0.2, 0) is 16.0 Å². The van der Waals surface area contributed by atoms with Crippen molar-refractivity contribution >= 4 is 11.9 Å². The van der Waals surface area contributed by atoms with E-state index >= 15 is 0 Å². The highest BCUT2D eigenvalue weighted by atomic mass is 16.4. The minimum absolute atomic E-state index is 0.0156. The fraction of sp³-hybridized carbons (Fsp3) is 0.529. The Labute approximate surface area is 125 Å². The van der Waals surface area contributed by atoms with Crippen molar-refractivity contribution < 1.29 is 14.7 Å². The molecule has 0 atom stereocenters. The Balaban J connectivity index is 1.72. The third-order valence-electron chi connectivity index (χ3n) is 4.24. The zero-order chi connectivity index (χ0) is 15.2. The topological polar surface area (TPSA) is 66.4 Å². The number of aryl methyl sites for hydroxylation is 1. The summed E-state index contributed by atoms with van der Waals surface area (Å²) in [6, 6.07) is 8.28. The maximum Gasteiger partial charge on any atom is 0.306 e. The molecule has 0 radical (unpaired) electrons. The molecule has 0 aromatic heterocycles. The van der Waals surface area contributed by atoms with E-state index in [2.05, 4.69) is 30.4 Å². The van der Waals surface area contributed by atoms with E-state index in [-0.39, 0.29) is 17.7 Å². The van der Waals surface area contributed by atoms with Gasteiger partial charge in [0.05, 0.1) is 5.92 Å². The predicted molar refractivity (Wildman–Crippen MR) is 81.0 cm³/mol. The molecule has 2 N–H and O–H groups in total. The number of hydrogen-bond donors (Lipinski definition) is 2. The minimum atomic E-state index is -0.728. The normalized spacial score (nSPS) is 21.8. The molecule has 0 heterocycles. The molecular formula is C17H23NO3. The van der Waals surface area contributed by atoms with E-state index < -0.39 is 5.97 Å². The van der Waals surface area contributed by atoms with E-state index in [9.17, 15) is 9.59 Å². The van der Waals surface area contributed by atoms with Crippen LogP contribution in [0.2, 0.25) is 0 Å². The monoisotopic (exact) mass is 289 g/mol. The van der Waals surface area contributed by atoms with Gasteiger partial charge in [0, 0.05) is 12.5 Å². The fourth-order valence-electron chi connectivity index (χ4n) is 2.94. The van der Waals surface area contributed by atoms with Crippen LogP contribution in [0.4, 0.5) is 0 Å². The first-order chi connectivity index (χ1) is 10.1. The van der Waals surface area contributed by atoms with Crippen LogP contribution >= 0.6 is 0 Å². The van der Waals surface area contributed by atoms with Crippen LogP contribution < -0.4 is 5.32 Å². The molecule has 0 unspecified atom stereocenters. The molecule has 1 aliphatic rings. The van der Waals surface area contributed by atoms with Crippen molar-refractivity contribution in [1.82, 2.24) is 5.32 Å². The second kappa shape index (κ2) is 7.25. The summed E-state index contributed by atoms with van der Waals surface area (Å²) >= 11 is 0. The molecule has 21 heavy (non-hydrogen) atoms. The van der Waals surface area contributed by atoms with Gasteiger partial charge < -0.3 is 10.4 Å². The lowest BCUT2D eigenvalue weighted by Crippen LogP contribution is -2.35. The fourth-order valence-corrected chi connectivity index (χ4v) is 2.94. The number of carboxylic acid groups (broad SMARTS) is 1. The summed E-state index contributed by atoms with van der Waals surface area (Å²) in [7, 11) is 0. The molecule has 1 aliphatic carbocycles. The summed E-state index contributed by atoms with van der Waals surface area (Å²) in [6.07, 6.45) is 3.44. The minimum Gasteiger partial charge on any atom is -0.481 e. The van der Waals surface area contributed by atoms with Crippen LogP contribution in [0.1, 0.15) is 36.8 Å². The average molecular weight is 289 g/mol. The Morgan fingerprint density at radius 1 is 1.19 bits per heavy atom. The van der Waals surface area contributed by atoms with E-state index in [4.69, 9.17) is 5.11 Å². The van der Waals surface area contributed by atoms with Crippen LogP contribution in [0.3, 0.4) is 0 Å². The van der Waals surface area contributed by atoms with Gasteiger partial charge in [-0.25, -0.2) is 0 Å². The molecule has 4 nitrogen and oxygen atoms in total. The van der Waals surface area contributed by atoms with Gasteiger partial charge in [-0.2, -0.15) is 0 Å². The van der Waals surface area contributed by atoms with Crippen molar-refractivity contribution in [1.29, 1.82) is 0 Å². The van der Waals surface area contributed by atoms with Crippen LogP contribution in [-0.4, -0.2) is 23.5 Å². The molecule has 0 aliphatic heterocycles. The number of amides is 1. The van der Waals surface area contributed by atoms with Gasteiger partial charge in [-0.05, 0) is 44.6 Å². The van der Waals surface area contributed by atoms with Crippen LogP contribution in [0.25, 0.3) is 0 Å². The second-order valence-electron chi connectivity index (χ2n) is 5.92. The van der Waals surface area contributed by atoms with Gasteiger partial charge in [-0.1, -0.05) is 29.8 Å². The van der Waals surface area contributed by atoms with Gasteiger partial charge in [0.15, 0.2) is 0 Å². The largest absolute Gasteiger partial charge is 0.481 e. The van der Waals surface area contributed by atoms with E-state index in [0.29, 0.717) is 32.2 Å². The average Bonchev–Trinajstić information content (AvgIpc) is 2.47. The molecule has 114 valence electrons. The van der Waals surface area contributed by atoms with Gasteiger partial charge in [0.1, 0.15) is 0 Å². The van der Waals surface area contributed by atoms with Crippen molar-refractivity contribution in [3.05, 3.63) is 35.4 Å². The Morgan fingerprint density at radius 3 is 2.48 bits per heavy atom. The summed E-state index contributed by atoms with van der Waals surface area (Å²) in [6.45, 7) is 2.70. The highest BCUT2D eigenvalue weighted by Gasteiger charge is 2.29. The summed E-state index contributed by atoms with van der Waals surface area (Å²) in [5.41, 5.74) is 2.45. The Morgan fingerprint density at radius 2 is 1.86 bits per heavy atom. The van der Waals surface area contributed by atoms with Crippen molar-refractivity contribution in [2.24, 2.45) is 11.8 Å². The third kappa shape index (κ3) is 4.59. The zero-order valence-corrected chi connectivity index (χ0v) is 12.5. The van der Waals surface area contributed by atoms with E-state index in [1.54, 1.807) is 0 Å². The summed E-state index contributed by atoms with van der Waals surface area (Å²) in [4.78, 5) is 23.0. The van der Waals surface area contributed by atoms with Crippen LogP contribution in [0.15, 0.2) is 24.3 Å². The molecule has 4 heteroatoms. The van der Waals surface area contributed by atoms with E-state index in [1.807, 2.05) is 6.07 Å². The van der Waals surface area contributed by atoms with Gasteiger partial charge >= 0.3 is 5.97 Å². The first-order valence-corrected chi connectivity index (χ1v) is 7.62. The van der Waals surface area contributed by atoms with E-state index in [0.717, 1.165) is 6.42 Å². The molecule has 0 bridgehead atoms. The van der Waals surface area contributed by atoms with Crippen LogP contribution in [0, 0.1) is 18.8 Å². The van der Waals surface area contributed by atoms with Crippen molar-refractivity contribution in [2.75, 3.05) is 6.54 Å². The maximum atomic E-state index is 12.1. The Kier molecular flexibility index (Phi) is 5.37. The predicted octanol–water partition coefficient (Wildman–Crippen LogP) is 2.54. The number of rotatable bonds is 5. The van der Waals surface area contributed by atoms with E-state index in [1.165, 1.54) is 11.1 Å². The van der Waals surface area contributed by atoms with Crippen molar-refractivity contribution in [3.63, 3.8) is 0 Å². The first-order valence-electron chi connectivity index (χ1n) is 7.62. The lowest BCUT2D eigenvalue weighted by Gasteiger charge is -2.25. The summed E-state index contributed by atoms with van der Waals surface area (Å²) in [5.74, 6) is -0.931. The number of hydrogen-bond acceptors (Lipinski definition) is 2. The maximum absolute atomic E-state index is 12.1. The number of nitrogens with one attached hydrogen (secondary N) is 1. The number of carboxylic acids is 1. The number of carbonyl (C=O) groups excluding carboxylic acids is 1.